The molecule has 3 rings (SSSR count). The molecule has 164 valence electrons. The molecule has 0 saturated heterocycles. The third-order valence-corrected chi connectivity index (χ3v) is 5.28. The minimum atomic E-state index is -0.730. The number of nitrogens with two attached hydrogens (primary N) is 1. The second-order valence-electron chi connectivity index (χ2n) is 7.42. The van der Waals surface area contributed by atoms with Crippen molar-refractivity contribution < 1.29 is 4.79 Å². The van der Waals surface area contributed by atoms with Gasteiger partial charge >= 0.3 is 5.69 Å². The fourth-order valence-corrected chi connectivity index (χ4v) is 3.44. The molecule has 2 heterocycles. The molecule has 10 nitrogen and oxygen atoms in total. The number of nitrogen functional groups attached to an aromatic ring is 1. The Bertz CT molecular complexity index is 1300. The first kappa shape index (κ1) is 22.0. The number of nitrogens with one attached hydrogen (secondary N) is 1. The van der Waals surface area contributed by atoms with E-state index in [-0.39, 0.29) is 30.0 Å². The second kappa shape index (κ2) is 8.99. The summed E-state index contributed by atoms with van der Waals surface area (Å²) in [6.07, 6.45) is 2.90. The van der Waals surface area contributed by atoms with Crippen molar-refractivity contribution in [2.24, 2.45) is 0 Å². The third kappa shape index (κ3) is 4.27. The van der Waals surface area contributed by atoms with Gasteiger partial charge in [-0.2, -0.15) is 0 Å². The van der Waals surface area contributed by atoms with Gasteiger partial charge in [-0.05, 0) is 25.0 Å². The zero-order valence-electron chi connectivity index (χ0n) is 17.8. The second-order valence-corrected chi connectivity index (χ2v) is 7.42. The number of fused-ring (bicyclic) bond motifs is 1. The highest BCUT2D eigenvalue weighted by Crippen LogP contribution is 2.17. The van der Waals surface area contributed by atoms with E-state index in [0.29, 0.717) is 23.9 Å². The van der Waals surface area contributed by atoms with E-state index in [9.17, 15) is 19.2 Å². The zero-order chi connectivity index (χ0) is 22.7. The summed E-state index contributed by atoms with van der Waals surface area (Å²) in [5.74, 6) is -0.479. The van der Waals surface area contributed by atoms with Crippen molar-refractivity contribution in [3.8, 4) is 0 Å². The number of hydrogen-bond donors (Lipinski definition) is 2. The normalized spacial score (nSPS) is 11.1. The molecule has 10 heteroatoms. The fraction of sp³-hybridized carbons (Fsp3) is 0.381. The summed E-state index contributed by atoms with van der Waals surface area (Å²) >= 11 is 0. The number of nitrogens with zero attached hydrogens (tertiary/aromatic N) is 4. The minimum Gasteiger partial charge on any atom is -0.383 e. The Labute approximate surface area is 177 Å². The van der Waals surface area contributed by atoms with Crippen LogP contribution in [0, 0.1) is 6.92 Å². The van der Waals surface area contributed by atoms with Gasteiger partial charge in [0.05, 0.1) is 17.2 Å². The number of amides is 1. The van der Waals surface area contributed by atoms with Crippen LogP contribution in [0.1, 0.15) is 31.7 Å². The van der Waals surface area contributed by atoms with Gasteiger partial charge in [0.25, 0.3) is 11.1 Å². The highest BCUT2D eigenvalue weighted by Gasteiger charge is 2.21. The molecule has 0 spiro atoms. The van der Waals surface area contributed by atoms with Crippen molar-refractivity contribution >= 4 is 28.3 Å². The lowest BCUT2D eigenvalue weighted by atomic mass is 10.1. The summed E-state index contributed by atoms with van der Waals surface area (Å²) in [5.41, 5.74) is 5.91. The van der Waals surface area contributed by atoms with Gasteiger partial charge in [-0.1, -0.05) is 25.5 Å². The van der Waals surface area contributed by atoms with Crippen molar-refractivity contribution in [3.63, 3.8) is 0 Å². The van der Waals surface area contributed by atoms with E-state index in [4.69, 9.17) is 5.73 Å². The molecular formula is C21H26N6O4. The molecule has 0 radical (unpaired) electrons. The van der Waals surface area contributed by atoms with Gasteiger partial charge in [-0.25, -0.2) is 9.78 Å². The van der Waals surface area contributed by atoms with Crippen LogP contribution in [-0.2, 0) is 17.9 Å². The van der Waals surface area contributed by atoms with Crippen molar-refractivity contribution in [3.05, 3.63) is 61.3 Å². The van der Waals surface area contributed by atoms with Crippen LogP contribution in [-0.4, -0.2) is 32.1 Å². The number of carbonyl (C=O) groups is 1. The Kier molecular flexibility index (Phi) is 6.38. The van der Waals surface area contributed by atoms with E-state index in [1.165, 1.54) is 22.5 Å². The standard InChI is InChI=1S/C21H26N6O4/c1-4-5-10-27-18(22)17(19(29)24-21(27)31)25(3)15(28)9-11-26-12-23-16-13(2)7-6-8-14(16)20(26)30/h6-8,12H,4-5,9-11,22H2,1-3H3,(H,24,29,31). The minimum absolute atomic E-state index is 0.0532. The average Bonchev–Trinajstić information content (AvgIpc) is 2.73. The number of aromatic nitrogens is 4. The van der Waals surface area contributed by atoms with Gasteiger partial charge in [0.2, 0.25) is 5.91 Å². The van der Waals surface area contributed by atoms with Gasteiger partial charge in [0, 0.05) is 26.6 Å². The molecule has 0 aliphatic heterocycles. The molecule has 0 unspecified atom stereocenters. The van der Waals surface area contributed by atoms with Crippen LogP contribution in [0.15, 0.2) is 38.9 Å². The van der Waals surface area contributed by atoms with Gasteiger partial charge < -0.3 is 10.6 Å². The van der Waals surface area contributed by atoms with Gasteiger partial charge in [0.15, 0.2) is 5.69 Å². The lowest BCUT2D eigenvalue weighted by Gasteiger charge is -2.20. The van der Waals surface area contributed by atoms with Crippen LogP contribution in [0.25, 0.3) is 10.9 Å². The molecule has 0 bridgehead atoms. The first-order chi connectivity index (χ1) is 14.8. The monoisotopic (exact) mass is 426 g/mol. The molecule has 31 heavy (non-hydrogen) atoms. The molecular weight excluding hydrogens is 400 g/mol. The van der Waals surface area contributed by atoms with E-state index in [1.807, 2.05) is 19.9 Å². The number of para-hydroxylation sites is 1. The molecule has 0 atom stereocenters. The highest BCUT2D eigenvalue weighted by molar-refractivity contribution is 5.95. The van der Waals surface area contributed by atoms with Crippen molar-refractivity contribution in [2.45, 2.75) is 46.2 Å². The lowest BCUT2D eigenvalue weighted by molar-refractivity contribution is -0.118. The number of aryl methyl sites for hydroxylation is 2. The summed E-state index contributed by atoms with van der Waals surface area (Å²) < 4.78 is 2.62. The molecule has 2 aromatic heterocycles. The Morgan fingerprint density at radius 1 is 1.23 bits per heavy atom. The lowest BCUT2D eigenvalue weighted by Crippen LogP contribution is -2.39. The molecule has 0 aliphatic rings. The van der Waals surface area contributed by atoms with E-state index in [2.05, 4.69) is 9.97 Å². The van der Waals surface area contributed by atoms with Gasteiger partial charge in [-0.15, -0.1) is 0 Å². The maximum absolute atomic E-state index is 12.8. The van der Waals surface area contributed by atoms with Gasteiger partial charge in [0.1, 0.15) is 5.82 Å². The first-order valence-electron chi connectivity index (χ1n) is 10.1. The summed E-state index contributed by atoms with van der Waals surface area (Å²) in [6.45, 7) is 4.27. The topological polar surface area (TPSA) is 136 Å². The molecule has 3 N–H and O–H groups in total. The van der Waals surface area contributed by atoms with E-state index in [0.717, 1.165) is 16.9 Å². The predicted octanol–water partition coefficient (Wildman–Crippen LogP) is 0.990. The largest absolute Gasteiger partial charge is 0.383 e. The number of carbonyl (C=O) groups excluding carboxylic acids is 1. The van der Waals surface area contributed by atoms with Crippen LogP contribution >= 0.6 is 0 Å². The predicted molar refractivity (Wildman–Crippen MR) is 119 cm³/mol. The van der Waals surface area contributed by atoms with E-state index >= 15 is 0 Å². The summed E-state index contributed by atoms with van der Waals surface area (Å²) in [5, 5.41) is 0.479. The average molecular weight is 426 g/mol. The van der Waals surface area contributed by atoms with E-state index < -0.39 is 17.2 Å². The van der Waals surface area contributed by atoms with Crippen molar-refractivity contribution in [2.75, 3.05) is 17.7 Å². The molecule has 0 aliphatic carbocycles. The maximum atomic E-state index is 12.8. The fourth-order valence-electron chi connectivity index (χ4n) is 3.44. The molecule has 0 fully saturated rings. The molecule has 1 aromatic carbocycles. The number of anilines is 2. The summed E-state index contributed by atoms with van der Waals surface area (Å²) in [4.78, 5) is 57.5. The SMILES string of the molecule is CCCCn1c(N)c(N(C)C(=O)CCn2cnc3c(C)cccc3c2=O)c(=O)[nH]c1=O. The van der Waals surface area contributed by atoms with Crippen LogP contribution < -0.4 is 27.4 Å². The first-order valence-corrected chi connectivity index (χ1v) is 10.1. The van der Waals surface area contributed by atoms with Crippen molar-refractivity contribution in [1.82, 2.24) is 19.1 Å². The van der Waals surface area contributed by atoms with Crippen LogP contribution in [0.2, 0.25) is 0 Å². The van der Waals surface area contributed by atoms with Crippen LogP contribution in [0.4, 0.5) is 11.5 Å². The number of unbranched alkanes of at least 4 members (excludes halogenated alkanes) is 1. The van der Waals surface area contributed by atoms with Crippen LogP contribution in [0.5, 0.6) is 0 Å². The molecule has 0 saturated carbocycles. The Morgan fingerprint density at radius 2 is 1.97 bits per heavy atom. The summed E-state index contributed by atoms with van der Waals surface area (Å²) in [6, 6.07) is 5.36. The Balaban J connectivity index is 1.84. The molecule has 3 aromatic rings. The smallest absolute Gasteiger partial charge is 0.330 e. The number of hydrogen-bond acceptors (Lipinski definition) is 6. The number of H-pyrrole nitrogens is 1. The Hall–Kier alpha value is -3.69. The van der Waals surface area contributed by atoms with Crippen molar-refractivity contribution in [1.29, 1.82) is 0 Å². The number of benzene rings is 1. The van der Waals surface area contributed by atoms with Crippen LogP contribution in [0.3, 0.4) is 0 Å². The summed E-state index contributed by atoms with van der Waals surface area (Å²) in [7, 11) is 1.42. The Morgan fingerprint density at radius 3 is 2.68 bits per heavy atom. The number of rotatable bonds is 7. The quantitative estimate of drug-likeness (QED) is 0.578. The molecule has 1 amide bonds. The zero-order valence-corrected chi connectivity index (χ0v) is 17.8. The highest BCUT2D eigenvalue weighted by atomic mass is 16.2. The van der Waals surface area contributed by atoms with E-state index in [1.54, 1.807) is 12.1 Å². The van der Waals surface area contributed by atoms with Gasteiger partial charge in [-0.3, -0.25) is 28.5 Å². The maximum Gasteiger partial charge on any atom is 0.330 e. The third-order valence-electron chi connectivity index (χ3n) is 5.28. The number of aromatic amines is 1.